The van der Waals surface area contributed by atoms with E-state index in [2.05, 4.69) is 51.9 Å². The van der Waals surface area contributed by atoms with E-state index in [0.29, 0.717) is 0 Å². The maximum atomic E-state index is 4.64. The second-order valence-electron chi connectivity index (χ2n) is 5.93. The van der Waals surface area contributed by atoms with Crippen molar-refractivity contribution in [1.82, 2.24) is 14.5 Å². The van der Waals surface area contributed by atoms with E-state index in [1.807, 2.05) is 6.07 Å². The third-order valence-corrected chi connectivity index (χ3v) is 4.37. The molecule has 2 aromatic rings. The Morgan fingerprint density at radius 1 is 1.25 bits per heavy atom. The van der Waals surface area contributed by atoms with Gasteiger partial charge in [0.1, 0.15) is 0 Å². The lowest BCUT2D eigenvalue weighted by molar-refractivity contribution is 0.199. The lowest BCUT2D eigenvalue weighted by Crippen LogP contribution is -2.36. The highest BCUT2D eigenvalue weighted by Crippen LogP contribution is 2.18. The maximum Gasteiger partial charge on any atom is 0.203 e. The number of aromatic nitrogens is 2. The molecule has 1 aliphatic heterocycles. The van der Waals surface area contributed by atoms with E-state index in [4.69, 9.17) is 0 Å². The zero-order chi connectivity index (χ0) is 13.9. The van der Waals surface area contributed by atoms with Crippen molar-refractivity contribution < 1.29 is 0 Å². The summed E-state index contributed by atoms with van der Waals surface area (Å²) in [7, 11) is 2.07. The van der Waals surface area contributed by atoms with Crippen molar-refractivity contribution in [2.45, 2.75) is 19.8 Å². The van der Waals surface area contributed by atoms with Crippen molar-refractivity contribution in [2.24, 2.45) is 13.0 Å². The van der Waals surface area contributed by atoms with E-state index in [-0.39, 0.29) is 0 Å². The van der Waals surface area contributed by atoms with Gasteiger partial charge in [-0.15, -0.1) is 0 Å². The Kier molecular flexibility index (Phi) is 3.92. The van der Waals surface area contributed by atoms with Crippen molar-refractivity contribution in [2.75, 3.05) is 31.5 Å². The third-order valence-electron chi connectivity index (χ3n) is 4.37. The van der Waals surface area contributed by atoms with Crippen molar-refractivity contribution in [1.29, 1.82) is 0 Å². The first-order chi connectivity index (χ1) is 9.74. The van der Waals surface area contributed by atoms with Gasteiger partial charge < -0.3 is 14.8 Å². The Hall–Kier alpha value is -1.55. The van der Waals surface area contributed by atoms with Crippen LogP contribution in [0.5, 0.6) is 0 Å². The fourth-order valence-corrected chi connectivity index (χ4v) is 2.92. The molecule has 0 spiro atoms. The van der Waals surface area contributed by atoms with E-state index in [0.717, 1.165) is 30.5 Å². The number of nitrogens with one attached hydrogen (secondary N) is 1. The molecule has 1 fully saturated rings. The van der Waals surface area contributed by atoms with Crippen LogP contribution in [0, 0.1) is 5.92 Å². The molecule has 0 aliphatic carbocycles. The number of anilines is 1. The molecule has 3 rings (SSSR count). The van der Waals surface area contributed by atoms with Crippen molar-refractivity contribution in [3.8, 4) is 0 Å². The van der Waals surface area contributed by atoms with Gasteiger partial charge in [-0.2, -0.15) is 0 Å². The Morgan fingerprint density at radius 2 is 2.00 bits per heavy atom. The largest absolute Gasteiger partial charge is 0.354 e. The number of fused-ring (bicyclic) bond motifs is 1. The van der Waals surface area contributed by atoms with Gasteiger partial charge in [0.2, 0.25) is 5.95 Å². The van der Waals surface area contributed by atoms with E-state index < -0.39 is 0 Å². The molecule has 1 aromatic carbocycles. The first kappa shape index (κ1) is 13.4. The van der Waals surface area contributed by atoms with Crippen LogP contribution in [-0.2, 0) is 7.05 Å². The lowest BCUT2D eigenvalue weighted by Gasteiger charge is -2.30. The number of hydrogen-bond donors (Lipinski definition) is 1. The number of hydrogen-bond acceptors (Lipinski definition) is 3. The van der Waals surface area contributed by atoms with Gasteiger partial charge in [0, 0.05) is 20.1 Å². The molecule has 0 unspecified atom stereocenters. The standard InChI is InChI=1S/C16H24N4/c1-13-7-10-20(11-8-13)12-9-17-16-18-14-5-3-4-6-15(14)19(16)2/h3-6,13H,7-12H2,1-2H3,(H,17,18). The molecule has 0 radical (unpaired) electrons. The van der Waals surface area contributed by atoms with E-state index in [1.54, 1.807) is 0 Å². The number of nitrogens with zero attached hydrogens (tertiary/aromatic N) is 3. The molecule has 108 valence electrons. The van der Waals surface area contributed by atoms with Gasteiger partial charge in [-0.05, 0) is 44.0 Å². The number of imidazole rings is 1. The van der Waals surface area contributed by atoms with Crippen LogP contribution < -0.4 is 5.32 Å². The van der Waals surface area contributed by atoms with Crippen LogP contribution in [0.4, 0.5) is 5.95 Å². The van der Waals surface area contributed by atoms with Gasteiger partial charge in [-0.25, -0.2) is 4.98 Å². The summed E-state index contributed by atoms with van der Waals surface area (Å²) in [6.45, 7) is 6.91. The summed E-state index contributed by atoms with van der Waals surface area (Å²) in [5.41, 5.74) is 2.24. The van der Waals surface area contributed by atoms with E-state index in [9.17, 15) is 0 Å². The SMILES string of the molecule is CC1CCN(CCNc2nc3ccccc3n2C)CC1. The fourth-order valence-electron chi connectivity index (χ4n) is 2.92. The highest BCUT2D eigenvalue weighted by molar-refractivity contribution is 5.78. The van der Waals surface area contributed by atoms with Gasteiger partial charge in [0.25, 0.3) is 0 Å². The fraction of sp³-hybridized carbons (Fsp3) is 0.562. The van der Waals surface area contributed by atoms with Crippen LogP contribution in [0.2, 0.25) is 0 Å². The smallest absolute Gasteiger partial charge is 0.203 e. The van der Waals surface area contributed by atoms with Crippen molar-refractivity contribution in [3.05, 3.63) is 24.3 Å². The van der Waals surface area contributed by atoms with Gasteiger partial charge >= 0.3 is 0 Å². The van der Waals surface area contributed by atoms with Crippen LogP contribution in [-0.4, -0.2) is 40.6 Å². The third kappa shape index (κ3) is 2.80. The van der Waals surface area contributed by atoms with E-state index in [1.165, 1.54) is 31.4 Å². The normalized spacial score (nSPS) is 17.7. The average Bonchev–Trinajstić information content (AvgIpc) is 2.78. The van der Waals surface area contributed by atoms with Gasteiger partial charge in [-0.1, -0.05) is 19.1 Å². The Labute approximate surface area is 120 Å². The Morgan fingerprint density at radius 3 is 2.75 bits per heavy atom. The Balaban J connectivity index is 1.56. The summed E-state index contributed by atoms with van der Waals surface area (Å²) >= 11 is 0. The summed E-state index contributed by atoms with van der Waals surface area (Å²) in [5, 5.41) is 3.47. The minimum Gasteiger partial charge on any atom is -0.354 e. The van der Waals surface area contributed by atoms with Crippen LogP contribution in [0.1, 0.15) is 19.8 Å². The van der Waals surface area contributed by atoms with Crippen molar-refractivity contribution in [3.63, 3.8) is 0 Å². The number of piperidine rings is 1. The molecule has 1 N–H and O–H groups in total. The van der Waals surface area contributed by atoms with Crippen LogP contribution in [0.3, 0.4) is 0 Å². The molecule has 0 amide bonds. The highest BCUT2D eigenvalue weighted by Gasteiger charge is 2.15. The predicted octanol–water partition coefficient (Wildman–Crippen LogP) is 2.72. The highest BCUT2D eigenvalue weighted by atomic mass is 15.2. The zero-order valence-electron chi connectivity index (χ0n) is 12.5. The monoisotopic (exact) mass is 272 g/mol. The molecule has 0 atom stereocenters. The molecule has 0 saturated carbocycles. The predicted molar refractivity (Wildman–Crippen MR) is 84.0 cm³/mol. The number of likely N-dealkylation sites (tertiary alicyclic amines) is 1. The minimum absolute atomic E-state index is 0.902. The first-order valence-electron chi connectivity index (χ1n) is 7.62. The first-order valence-corrected chi connectivity index (χ1v) is 7.62. The topological polar surface area (TPSA) is 33.1 Å². The molecule has 4 heteroatoms. The van der Waals surface area contributed by atoms with E-state index >= 15 is 0 Å². The number of para-hydroxylation sites is 2. The molecular formula is C16H24N4. The zero-order valence-corrected chi connectivity index (χ0v) is 12.5. The Bertz CT molecular complexity index is 567. The molecule has 4 nitrogen and oxygen atoms in total. The minimum atomic E-state index is 0.902. The van der Waals surface area contributed by atoms with Crippen LogP contribution in [0.15, 0.2) is 24.3 Å². The maximum absolute atomic E-state index is 4.64. The summed E-state index contributed by atoms with van der Waals surface area (Å²) in [5.74, 6) is 1.87. The van der Waals surface area contributed by atoms with Gasteiger partial charge in [0.05, 0.1) is 11.0 Å². The summed E-state index contributed by atoms with van der Waals surface area (Å²) in [4.78, 5) is 7.19. The van der Waals surface area contributed by atoms with Gasteiger partial charge in [0.15, 0.2) is 0 Å². The summed E-state index contributed by atoms with van der Waals surface area (Å²) in [6.07, 6.45) is 2.68. The number of benzene rings is 1. The molecule has 1 aliphatic rings. The number of rotatable bonds is 4. The number of aryl methyl sites for hydroxylation is 1. The van der Waals surface area contributed by atoms with Crippen LogP contribution >= 0.6 is 0 Å². The molecule has 0 bridgehead atoms. The molecule has 2 heterocycles. The quantitative estimate of drug-likeness (QED) is 0.929. The molecule has 20 heavy (non-hydrogen) atoms. The molecule has 1 saturated heterocycles. The van der Waals surface area contributed by atoms with Crippen molar-refractivity contribution >= 4 is 17.0 Å². The lowest BCUT2D eigenvalue weighted by atomic mass is 9.99. The summed E-state index contributed by atoms with van der Waals surface area (Å²) < 4.78 is 2.13. The molecular weight excluding hydrogens is 248 g/mol. The average molecular weight is 272 g/mol. The summed E-state index contributed by atoms with van der Waals surface area (Å²) in [6, 6.07) is 8.27. The van der Waals surface area contributed by atoms with Crippen LogP contribution in [0.25, 0.3) is 11.0 Å². The van der Waals surface area contributed by atoms with Gasteiger partial charge in [-0.3, -0.25) is 0 Å². The second kappa shape index (κ2) is 5.83. The second-order valence-corrected chi connectivity index (χ2v) is 5.93. The molecule has 1 aromatic heterocycles.